The fourth-order valence-electron chi connectivity index (χ4n) is 3.25. The molecule has 0 amide bonds. The van der Waals surface area contributed by atoms with E-state index in [0.29, 0.717) is 0 Å². The summed E-state index contributed by atoms with van der Waals surface area (Å²) in [6, 6.07) is 22.2. The predicted octanol–water partition coefficient (Wildman–Crippen LogP) is 6.60. The molecule has 0 saturated heterocycles. The Morgan fingerprint density at radius 1 is 0.750 bits per heavy atom. The van der Waals surface area contributed by atoms with E-state index in [1.54, 1.807) is 14.2 Å². The average molecular weight is 370 g/mol. The summed E-state index contributed by atoms with van der Waals surface area (Å²) in [5, 5.41) is 1.11. The van der Waals surface area contributed by atoms with Gasteiger partial charge in [-0.1, -0.05) is 29.8 Å². The van der Waals surface area contributed by atoms with Crippen LogP contribution in [-0.2, 0) is 0 Å². The molecular formula is C25H22O3. The molecule has 1 heterocycles. The van der Waals surface area contributed by atoms with Gasteiger partial charge in [0.15, 0.2) is 0 Å². The van der Waals surface area contributed by atoms with Crippen molar-refractivity contribution in [3.63, 3.8) is 0 Å². The Labute approximate surface area is 164 Å². The van der Waals surface area contributed by atoms with Gasteiger partial charge in [-0.3, -0.25) is 0 Å². The number of ether oxygens (including phenoxy) is 2. The van der Waals surface area contributed by atoms with Crippen molar-refractivity contribution in [2.45, 2.75) is 6.92 Å². The van der Waals surface area contributed by atoms with Crippen LogP contribution in [0, 0.1) is 6.92 Å². The molecule has 3 aromatic carbocycles. The lowest BCUT2D eigenvalue weighted by atomic mass is 10.0. The molecule has 0 aliphatic carbocycles. The van der Waals surface area contributed by atoms with Gasteiger partial charge in [0.1, 0.15) is 22.8 Å². The second-order valence-corrected chi connectivity index (χ2v) is 6.68. The van der Waals surface area contributed by atoms with Gasteiger partial charge in [0.25, 0.3) is 0 Å². The summed E-state index contributed by atoms with van der Waals surface area (Å²) >= 11 is 0. The average Bonchev–Trinajstić information content (AvgIpc) is 3.10. The highest BCUT2D eigenvalue weighted by Crippen LogP contribution is 2.36. The van der Waals surface area contributed by atoms with Crippen LogP contribution in [0.15, 0.2) is 71.1 Å². The van der Waals surface area contributed by atoms with Gasteiger partial charge in [-0.25, -0.2) is 0 Å². The maximum Gasteiger partial charge on any atom is 0.142 e. The van der Waals surface area contributed by atoms with Gasteiger partial charge in [0.2, 0.25) is 0 Å². The maximum atomic E-state index is 6.23. The minimum atomic E-state index is 0.825. The van der Waals surface area contributed by atoms with Crippen LogP contribution in [0.3, 0.4) is 0 Å². The van der Waals surface area contributed by atoms with Crippen LogP contribution in [0.25, 0.3) is 34.4 Å². The van der Waals surface area contributed by atoms with Gasteiger partial charge in [0.05, 0.1) is 14.2 Å². The molecule has 0 radical (unpaired) electrons. The number of furan rings is 1. The van der Waals surface area contributed by atoms with Gasteiger partial charge in [-0.15, -0.1) is 0 Å². The summed E-state index contributed by atoms with van der Waals surface area (Å²) < 4.78 is 16.7. The van der Waals surface area contributed by atoms with Crippen LogP contribution in [0.4, 0.5) is 0 Å². The Bertz CT molecular complexity index is 1120. The topological polar surface area (TPSA) is 31.6 Å². The Kier molecular flexibility index (Phi) is 4.90. The van der Waals surface area contributed by atoms with Crippen LogP contribution in [0.2, 0.25) is 0 Å². The van der Waals surface area contributed by atoms with Gasteiger partial charge >= 0.3 is 0 Å². The highest BCUT2D eigenvalue weighted by molar-refractivity contribution is 5.97. The molecule has 0 aliphatic heterocycles. The highest BCUT2D eigenvalue weighted by atomic mass is 16.5. The zero-order chi connectivity index (χ0) is 19.5. The summed E-state index contributed by atoms with van der Waals surface area (Å²) in [4.78, 5) is 0. The smallest absolute Gasteiger partial charge is 0.142 e. The predicted molar refractivity (Wildman–Crippen MR) is 115 cm³/mol. The zero-order valence-corrected chi connectivity index (χ0v) is 16.2. The van der Waals surface area contributed by atoms with Crippen LogP contribution < -0.4 is 9.47 Å². The molecule has 1 aromatic heterocycles. The molecule has 0 saturated carbocycles. The van der Waals surface area contributed by atoms with Gasteiger partial charge in [-0.2, -0.15) is 0 Å². The van der Waals surface area contributed by atoms with Crippen LogP contribution >= 0.6 is 0 Å². The fraction of sp³-hybridized carbons (Fsp3) is 0.120. The van der Waals surface area contributed by atoms with Gasteiger partial charge in [0, 0.05) is 16.5 Å². The second-order valence-electron chi connectivity index (χ2n) is 6.68. The Morgan fingerprint density at radius 2 is 1.39 bits per heavy atom. The lowest BCUT2D eigenvalue weighted by Crippen LogP contribution is -1.83. The van der Waals surface area contributed by atoms with Gasteiger partial charge < -0.3 is 13.9 Å². The van der Waals surface area contributed by atoms with E-state index in [9.17, 15) is 0 Å². The van der Waals surface area contributed by atoms with E-state index < -0.39 is 0 Å². The molecule has 0 spiro atoms. The Balaban J connectivity index is 1.81. The maximum absolute atomic E-state index is 6.23. The first-order chi connectivity index (χ1) is 13.7. The quantitative estimate of drug-likeness (QED) is 0.397. The molecule has 0 fully saturated rings. The van der Waals surface area contributed by atoms with E-state index in [-0.39, 0.29) is 0 Å². The molecule has 4 aromatic rings. The second kappa shape index (κ2) is 7.65. The summed E-state index contributed by atoms with van der Waals surface area (Å²) in [7, 11) is 3.34. The minimum Gasteiger partial charge on any atom is -0.497 e. The largest absolute Gasteiger partial charge is 0.497 e. The number of aryl methyl sites for hydroxylation is 1. The highest BCUT2D eigenvalue weighted by Gasteiger charge is 2.14. The lowest BCUT2D eigenvalue weighted by molar-refractivity contribution is 0.414. The number of rotatable bonds is 5. The molecule has 0 aliphatic rings. The molecular weight excluding hydrogens is 348 g/mol. The van der Waals surface area contributed by atoms with Crippen molar-refractivity contribution in [2.75, 3.05) is 14.2 Å². The normalized spacial score (nSPS) is 11.2. The summed E-state index contributed by atoms with van der Waals surface area (Å²) in [6.45, 7) is 2.09. The van der Waals surface area contributed by atoms with Crippen molar-refractivity contribution in [3.8, 4) is 22.8 Å². The van der Waals surface area contributed by atoms with E-state index in [0.717, 1.165) is 44.9 Å². The minimum absolute atomic E-state index is 0.825. The van der Waals surface area contributed by atoms with E-state index in [2.05, 4.69) is 31.2 Å². The van der Waals surface area contributed by atoms with E-state index in [1.165, 1.54) is 5.56 Å². The third-order valence-corrected chi connectivity index (χ3v) is 4.79. The molecule has 140 valence electrons. The fourth-order valence-corrected chi connectivity index (χ4v) is 3.25. The monoisotopic (exact) mass is 370 g/mol. The van der Waals surface area contributed by atoms with E-state index in [1.807, 2.05) is 54.6 Å². The van der Waals surface area contributed by atoms with Crippen molar-refractivity contribution in [2.24, 2.45) is 0 Å². The number of hydrogen-bond donors (Lipinski definition) is 0. The first-order valence-corrected chi connectivity index (χ1v) is 9.17. The van der Waals surface area contributed by atoms with Crippen molar-refractivity contribution >= 4 is 23.1 Å². The van der Waals surface area contributed by atoms with Gasteiger partial charge in [-0.05, 0) is 67.1 Å². The van der Waals surface area contributed by atoms with Crippen molar-refractivity contribution in [3.05, 3.63) is 83.4 Å². The molecule has 0 bridgehead atoms. The van der Waals surface area contributed by atoms with E-state index >= 15 is 0 Å². The Morgan fingerprint density at radius 3 is 2.04 bits per heavy atom. The van der Waals surface area contributed by atoms with Crippen LogP contribution in [0.1, 0.15) is 16.7 Å². The number of hydrogen-bond acceptors (Lipinski definition) is 3. The molecule has 0 atom stereocenters. The molecule has 28 heavy (non-hydrogen) atoms. The molecule has 3 nitrogen and oxygen atoms in total. The molecule has 4 rings (SSSR count). The SMILES string of the molecule is COc1ccc(C=Cc2c(-c3ccc(OC)cc3)oc3ccc(C)cc23)cc1. The third kappa shape index (κ3) is 3.52. The lowest BCUT2D eigenvalue weighted by Gasteiger charge is -2.03. The first-order valence-electron chi connectivity index (χ1n) is 9.17. The molecule has 0 unspecified atom stereocenters. The van der Waals surface area contributed by atoms with Crippen molar-refractivity contribution < 1.29 is 13.9 Å². The summed E-state index contributed by atoms with van der Waals surface area (Å²) in [5.41, 5.74) is 5.27. The van der Waals surface area contributed by atoms with Crippen LogP contribution in [0.5, 0.6) is 11.5 Å². The third-order valence-electron chi connectivity index (χ3n) is 4.79. The summed E-state index contributed by atoms with van der Waals surface area (Å²) in [6.07, 6.45) is 4.21. The van der Waals surface area contributed by atoms with Crippen molar-refractivity contribution in [1.29, 1.82) is 0 Å². The van der Waals surface area contributed by atoms with Crippen LogP contribution in [-0.4, -0.2) is 14.2 Å². The zero-order valence-electron chi connectivity index (χ0n) is 16.2. The Hall–Kier alpha value is -3.46. The molecule has 3 heteroatoms. The number of methoxy groups -OCH3 is 2. The number of fused-ring (bicyclic) bond motifs is 1. The standard InChI is InChI=1S/C25H22O3/c1-17-4-15-24-23(16-17)22(14-7-18-5-10-20(26-2)11-6-18)25(28-24)19-8-12-21(27-3)13-9-19/h4-16H,1-3H3. The van der Waals surface area contributed by atoms with E-state index in [4.69, 9.17) is 13.9 Å². The summed E-state index contributed by atoms with van der Waals surface area (Å²) in [5.74, 6) is 2.53. The molecule has 0 N–H and O–H groups in total. The van der Waals surface area contributed by atoms with Crippen molar-refractivity contribution in [1.82, 2.24) is 0 Å². The first kappa shape index (κ1) is 17.9. The number of benzene rings is 3.